The highest BCUT2D eigenvalue weighted by molar-refractivity contribution is 7.86. The number of nitrogens with zero attached hydrogens (tertiary/aromatic N) is 1. The lowest BCUT2D eigenvalue weighted by atomic mass is 10.2. The number of hydrogen-bond donors (Lipinski definition) is 0. The van der Waals surface area contributed by atoms with Gasteiger partial charge in [0.05, 0.1) is 17.6 Å². The molecule has 0 fully saturated rings. The van der Waals surface area contributed by atoms with Gasteiger partial charge in [0, 0.05) is 6.42 Å². The number of halogens is 1. The zero-order valence-electron chi connectivity index (χ0n) is 9.97. The van der Waals surface area contributed by atoms with Gasteiger partial charge in [-0.1, -0.05) is 17.7 Å². The summed E-state index contributed by atoms with van der Waals surface area (Å²) in [4.78, 5) is 0.000540. The molecule has 0 aliphatic heterocycles. The number of nitriles is 1. The molecular weight excluding hydrogens is 257 g/mol. The van der Waals surface area contributed by atoms with E-state index in [0.717, 1.165) is 5.56 Å². The normalized spacial score (nSPS) is 12.9. The lowest BCUT2D eigenvalue weighted by Crippen LogP contribution is -2.15. The molecule has 1 unspecified atom stereocenters. The highest BCUT2D eigenvalue weighted by Crippen LogP contribution is 2.14. The second-order valence-electron chi connectivity index (χ2n) is 3.85. The van der Waals surface area contributed by atoms with Crippen LogP contribution >= 0.6 is 0 Å². The summed E-state index contributed by atoms with van der Waals surface area (Å²) in [5.41, 5.74) is 0.923. The fraction of sp³-hybridized carbons (Fsp3) is 0.417. The van der Waals surface area contributed by atoms with Gasteiger partial charge in [0.15, 0.2) is 0 Å². The summed E-state index contributed by atoms with van der Waals surface area (Å²) < 4.78 is 41.1. The maximum atomic E-state index is 13.2. The molecule has 0 N–H and O–H groups in total. The second-order valence-corrected chi connectivity index (χ2v) is 5.46. The van der Waals surface area contributed by atoms with E-state index in [9.17, 15) is 12.8 Å². The average molecular weight is 271 g/mol. The monoisotopic (exact) mass is 271 g/mol. The smallest absolute Gasteiger partial charge is 0.263 e. The van der Waals surface area contributed by atoms with Gasteiger partial charge in [0.1, 0.15) is 6.17 Å². The van der Waals surface area contributed by atoms with Crippen LogP contribution < -0.4 is 0 Å². The molecule has 0 saturated carbocycles. The van der Waals surface area contributed by atoms with Crippen LogP contribution in [0.1, 0.15) is 18.4 Å². The third-order valence-corrected chi connectivity index (χ3v) is 3.58. The Morgan fingerprint density at radius 3 is 2.56 bits per heavy atom. The molecule has 0 radical (unpaired) electrons. The maximum absolute atomic E-state index is 13.2. The van der Waals surface area contributed by atoms with Crippen molar-refractivity contribution in [2.45, 2.75) is 30.8 Å². The van der Waals surface area contributed by atoms with E-state index < -0.39 is 22.9 Å². The zero-order valence-corrected chi connectivity index (χ0v) is 10.8. The predicted molar refractivity (Wildman–Crippen MR) is 64.1 cm³/mol. The first-order chi connectivity index (χ1) is 8.45. The van der Waals surface area contributed by atoms with Gasteiger partial charge in [0.2, 0.25) is 0 Å². The second kappa shape index (κ2) is 6.47. The summed E-state index contributed by atoms with van der Waals surface area (Å²) in [6.45, 7) is 1.27. The van der Waals surface area contributed by atoms with Crippen molar-refractivity contribution in [3.63, 3.8) is 0 Å². The Morgan fingerprint density at radius 2 is 2.00 bits per heavy atom. The molecule has 18 heavy (non-hydrogen) atoms. The van der Waals surface area contributed by atoms with Crippen molar-refractivity contribution in [1.82, 2.24) is 0 Å². The molecule has 6 heteroatoms. The Labute approximate surface area is 106 Å². The first-order valence-corrected chi connectivity index (χ1v) is 6.83. The van der Waals surface area contributed by atoms with Crippen LogP contribution in [0.4, 0.5) is 4.39 Å². The van der Waals surface area contributed by atoms with Crippen LogP contribution in [-0.4, -0.2) is 21.2 Å². The SMILES string of the molecule is Cc1ccc(S(=O)(=O)OCC(F)CCC#N)cc1. The Hall–Kier alpha value is -1.45. The molecule has 4 nitrogen and oxygen atoms in total. The van der Waals surface area contributed by atoms with Crippen molar-refractivity contribution in [3.05, 3.63) is 29.8 Å². The number of alkyl halides is 1. The van der Waals surface area contributed by atoms with E-state index in [-0.39, 0.29) is 17.7 Å². The highest BCUT2D eigenvalue weighted by Gasteiger charge is 2.17. The van der Waals surface area contributed by atoms with E-state index in [1.54, 1.807) is 18.2 Å². The molecule has 98 valence electrons. The molecule has 0 amide bonds. The average Bonchev–Trinajstić information content (AvgIpc) is 2.34. The fourth-order valence-corrected chi connectivity index (χ4v) is 2.17. The molecule has 1 aromatic rings. The van der Waals surface area contributed by atoms with Crippen LogP contribution in [-0.2, 0) is 14.3 Å². The molecule has 0 aliphatic rings. The van der Waals surface area contributed by atoms with Crippen LogP contribution in [0, 0.1) is 18.3 Å². The van der Waals surface area contributed by atoms with Crippen LogP contribution in [0.3, 0.4) is 0 Å². The summed E-state index contributed by atoms with van der Waals surface area (Å²) in [7, 11) is -3.92. The largest absolute Gasteiger partial charge is 0.297 e. The Morgan fingerprint density at radius 1 is 1.39 bits per heavy atom. The number of rotatable bonds is 6. The maximum Gasteiger partial charge on any atom is 0.297 e. The number of benzene rings is 1. The van der Waals surface area contributed by atoms with Gasteiger partial charge in [-0.25, -0.2) is 4.39 Å². The van der Waals surface area contributed by atoms with Gasteiger partial charge in [-0.2, -0.15) is 13.7 Å². The Kier molecular flexibility index (Phi) is 5.25. The van der Waals surface area contributed by atoms with Crippen molar-refractivity contribution >= 4 is 10.1 Å². The van der Waals surface area contributed by atoms with E-state index in [4.69, 9.17) is 5.26 Å². The van der Waals surface area contributed by atoms with Gasteiger partial charge in [-0.15, -0.1) is 0 Å². The summed E-state index contributed by atoms with van der Waals surface area (Å²) in [6.07, 6.45) is -1.44. The molecule has 0 bridgehead atoms. The molecule has 0 aromatic heterocycles. The first-order valence-electron chi connectivity index (χ1n) is 5.43. The van der Waals surface area contributed by atoms with Gasteiger partial charge in [-0.05, 0) is 25.5 Å². The first kappa shape index (κ1) is 14.6. The quantitative estimate of drug-likeness (QED) is 0.745. The fourth-order valence-electron chi connectivity index (χ4n) is 1.24. The Bertz CT molecular complexity index is 519. The van der Waals surface area contributed by atoms with Crippen molar-refractivity contribution < 1.29 is 17.0 Å². The van der Waals surface area contributed by atoms with Crippen molar-refractivity contribution in [3.8, 4) is 6.07 Å². The molecule has 1 atom stereocenters. The summed E-state index contributed by atoms with van der Waals surface area (Å²) in [5.74, 6) is 0. The third kappa shape index (κ3) is 4.43. The van der Waals surface area contributed by atoms with E-state index in [1.165, 1.54) is 12.1 Å². The minimum absolute atomic E-state index is 0.000540. The minimum Gasteiger partial charge on any atom is -0.263 e. The molecule has 0 aliphatic carbocycles. The summed E-state index contributed by atoms with van der Waals surface area (Å²) in [6, 6.07) is 7.88. The van der Waals surface area contributed by atoms with Gasteiger partial charge < -0.3 is 0 Å². The van der Waals surface area contributed by atoms with Crippen molar-refractivity contribution in [2.75, 3.05) is 6.61 Å². The molecule has 0 spiro atoms. The van der Waals surface area contributed by atoms with Crippen LogP contribution in [0.5, 0.6) is 0 Å². The lowest BCUT2D eigenvalue weighted by Gasteiger charge is -2.08. The van der Waals surface area contributed by atoms with E-state index in [1.807, 2.05) is 6.92 Å². The zero-order chi connectivity index (χ0) is 13.6. The minimum atomic E-state index is -3.92. The van der Waals surface area contributed by atoms with Gasteiger partial charge >= 0.3 is 0 Å². The van der Waals surface area contributed by atoms with Crippen LogP contribution in [0.25, 0.3) is 0 Å². The van der Waals surface area contributed by atoms with E-state index in [0.29, 0.717) is 0 Å². The molecule has 1 aromatic carbocycles. The third-order valence-electron chi connectivity index (χ3n) is 2.28. The lowest BCUT2D eigenvalue weighted by molar-refractivity contribution is 0.193. The van der Waals surface area contributed by atoms with Crippen LogP contribution in [0.15, 0.2) is 29.2 Å². The van der Waals surface area contributed by atoms with Gasteiger partial charge in [-0.3, -0.25) is 4.18 Å². The molecular formula is C12H14FNO3S. The Balaban J connectivity index is 2.60. The summed E-state index contributed by atoms with van der Waals surface area (Å²) in [5, 5.41) is 8.27. The number of aryl methyl sites for hydroxylation is 1. The topological polar surface area (TPSA) is 67.2 Å². The standard InChI is InChI=1S/C12H14FNO3S/c1-10-4-6-12(7-5-10)18(15,16)17-9-11(13)3-2-8-14/h4-7,11H,2-3,9H2,1H3. The number of hydrogen-bond acceptors (Lipinski definition) is 4. The highest BCUT2D eigenvalue weighted by atomic mass is 32.2. The van der Waals surface area contributed by atoms with Crippen molar-refractivity contribution in [1.29, 1.82) is 5.26 Å². The molecule has 1 rings (SSSR count). The van der Waals surface area contributed by atoms with Crippen LogP contribution in [0.2, 0.25) is 0 Å². The van der Waals surface area contributed by atoms with Crippen molar-refractivity contribution in [2.24, 2.45) is 0 Å². The summed E-state index contributed by atoms with van der Waals surface area (Å²) >= 11 is 0. The molecule has 0 heterocycles. The van der Waals surface area contributed by atoms with E-state index in [2.05, 4.69) is 4.18 Å². The van der Waals surface area contributed by atoms with Gasteiger partial charge in [0.25, 0.3) is 10.1 Å². The van der Waals surface area contributed by atoms with E-state index >= 15 is 0 Å². The molecule has 0 saturated heterocycles. The predicted octanol–water partition coefficient (Wildman–Crippen LogP) is 2.34.